The predicted octanol–water partition coefficient (Wildman–Crippen LogP) is 3.26. The summed E-state index contributed by atoms with van der Waals surface area (Å²) in [6.07, 6.45) is 0.180. The van der Waals surface area contributed by atoms with Gasteiger partial charge in [-0.3, -0.25) is 4.79 Å². The molecule has 0 saturated carbocycles. The van der Waals surface area contributed by atoms with Crippen molar-refractivity contribution in [3.05, 3.63) is 47.5 Å². The van der Waals surface area contributed by atoms with Crippen molar-refractivity contribution in [2.75, 3.05) is 5.73 Å². The van der Waals surface area contributed by atoms with Crippen LogP contribution < -0.4 is 5.73 Å². The fraction of sp³-hybridized carbons (Fsp3) is 0.250. The van der Waals surface area contributed by atoms with Crippen LogP contribution in [0.25, 0.3) is 11.3 Å². The minimum atomic E-state index is -1.02. The maximum atomic E-state index is 14.0. The number of halogens is 2. The number of hydrogen-bond acceptors (Lipinski definition) is 3. The average molecular weight is 306 g/mol. The number of pyridine rings is 1. The molecule has 116 valence electrons. The van der Waals surface area contributed by atoms with Crippen molar-refractivity contribution < 1.29 is 18.7 Å². The summed E-state index contributed by atoms with van der Waals surface area (Å²) in [5.41, 5.74) is 4.85. The van der Waals surface area contributed by atoms with E-state index in [4.69, 9.17) is 10.8 Å². The minimum absolute atomic E-state index is 0.0384. The fourth-order valence-corrected chi connectivity index (χ4v) is 2.10. The molecule has 0 aliphatic rings. The smallest absolute Gasteiger partial charge is 0.309 e. The third kappa shape index (κ3) is 3.21. The van der Waals surface area contributed by atoms with Crippen molar-refractivity contribution in [2.45, 2.75) is 20.3 Å². The van der Waals surface area contributed by atoms with Gasteiger partial charge in [-0.2, -0.15) is 0 Å². The second kappa shape index (κ2) is 5.71. The molecule has 0 amide bonds. The van der Waals surface area contributed by atoms with E-state index in [9.17, 15) is 13.6 Å². The van der Waals surface area contributed by atoms with Crippen molar-refractivity contribution in [3.8, 4) is 11.3 Å². The molecule has 0 unspecified atom stereocenters. The molecule has 0 radical (unpaired) electrons. The van der Waals surface area contributed by atoms with E-state index in [0.29, 0.717) is 5.56 Å². The van der Waals surface area contributed by atoms with Crippen molar-refractivity contribution in [1.29, 1.82) is 0 Å². The number of anilines is 1. The molecule has 0 spiro atoms. The summed E-state index contributed by atoms with van der Waals surface area (Å²) in [6, 6.07) is 6.46. The molecule has 1 aromatic carbocycles. The normalized spacial score (nSPS) is 11.5. The number of carbonyl (C=O) groups is 1. The second-order valence-electron chi connectivity index (χ2n) is 5.75. The molecule has 0 bridgehead atoms. The summed E-state index contributed by atoms with van der Waals surface area (Å²) in [5.74, 6) is -2.23. The Morgan fingerprint density at radius 3 is 2.50 bits per heavy atom. The number of nitrogens with two attached hydrogens (primary N) is 1. The number of benzene rings is 1. The zero-order chi connectivity index (χ0) is 16.5. The second-order valence-corrected chi connectivity index (χ2v) is 5.75. The van der Waals surface area contributed by atoms with Crippen LogP contribution in [0.2, 0.25) is 0 Å². The topological polar surface area (TPSA) is 76.2 Å². The predicted molar refractivity (Wildman–Crippen MR) is 79.1 cm³/mol. The number of carboxylic acids is 1. The molecule has 2 rings (SSSR count). The molecule has 0 saturated heterocycles. The number of hydrogen-bond donors (Lipinski definition) is 2. The zero-order valence-electron chi connectivity index (χ0n) is 12.2. The molecule has 2 aromatic rings. The molecule has 22 heavy (non-hydrogen) atoms. The van der Waals surface area contributed by atoms with E-state index in [-0.39, 0.29) is 23.5 Å². The highest BCUT2D eigenvalue weighted by Gasteiger charge is 2.27. The quantitative estimate of drug-likeness (QED) is 0.909. The van der Waals surface area contributed by atoms with Gasteiger partial charge in [-0.05, 0) is 50.1 Å². The van der Waals surface area contributed by atoms with Gasteiger partial charge in [-0.25, -0.2) is 13.8 Å². The van der Waals surface area contributed by atoms with Crippen LogP contribution in [-0.4, -0.2) is 16.1 Å². The largest absolute Gasteiger partial charge is 0.481 e. The summed E-state index contributed by atoms with van der Waals surface area (Å²) in [4.78, 5) is 15.0. The first kappa shape index (κ1) is 15.9. The summed E-state index contributed by atoms with van der Waals surface area (Å²) >= 11 is 0. The van der Waals surface area contributed by atoms with Crippen LogP contribution in [0.5, 0.6) is 0 Å². The van der Waals surface area contributed by atoms with E-state index in [1.165, 1.54) is 24.3 Å². The Morgan fingerprint density at radius 1 is 1.23 bits per heavy atom. The lowest BCUT2D eigenvalue weighted by atomic mass is 9.85. The van der Waals surface area contributed by atoms with Crippen LogP contribution >= 0.6 is 0 Å². The van der Waals surface area contributed by atoms with E-state index in [0.717, 1.165) is 6.07 Å². The van der Waals surface area contributed by atoms with Crippen molar-refractivity contribution in [2.24, 2.45) is 5.41 Å². The van der Waals surface area contributed by atoms with Crippen LogP contribution in [0.15, 0.2) is 30.3 Å². The van der Waals surface area contributed by atoms with E-state index < -0.39 is 23.0 Å². The molecule has 0 aliphatic carbocycles. The van der Waals surface area contributed by atoms with Gasteiger partial charge in [0.25, 0.3) is 0 Å². The molecular formula is C16H16F2N2O2. The monoisotopic (exact) mass is 306 g/mol. The highest BCUT2D eigenvalue weighted by Crippen LogP contribution is 2.29. The first-order chi connectivity index (χ1) is 10.2. The highest BCUT2D eigenvalue weighted by molar-refractivity contribution is 5.74. The lowest BCUT2D eigenvalue weighted by Gasteiger charge is -2.19. The Bertz CT molecular complexity index is 730. The van der Waals surface area contributed by atoms with Gasteiger partial charge in [0.15, 0.2) is 0 Å². The molecular weight excluding hydrogens is 290 g/mol. The number of carboxylic acid groups (broad SMARTS) is 1. The Morgan fingerprint density at radius 2 is 1.86 bits per heavy atom. The van der Waals surface area contributed by atoms with Crippen LogP contribution in [0.1, 0.15) is 19.4 Å². The van der Waals surface area contributed by atoms with E-state index in [1.807, 2.05) is 0 Å². The van der Waals surface area contributed by atoms with Crippen molar-refractivity contribution >= 4 is 11.8 Å². The average Bonchev–Trinajstić information content (AvgIpc) is 2.43. The van der Waals surface area contributed by atoms with E-state index >= 15 is 0 Å². The third-order valence-corrected chi connectivity index (χ3v) is 3.38. The van der Waals surface area contributed by atoms with Crippen LogP contribution in [0.3, 0.4) is 0 Å². The number of aromatic nitrogens is 1. The number of nitrogen functional groups attached to an aromatic ring is 1. The standard InChI is InChI=1S/C16H16F2N2O2/c1-16(2,15(21)22)8-9-3-4-11(17)10(7-9)14-12(18)5-6-13(19)20-14/h3-7H,8H2,1-2H3,(H2,19,20)(H,21,22). The lowest BCUT2D eigenvalue weighted by Crippen LogP contribution is -2.26. The summed E-state index contributed by atoms with van der Waals surface area (Å²) < 4.78 is 27.8. The molecule has 6 heteroatoms. The van der Waals surface area contributed by atoms with Gasteiger partial charge in [0, 0.05) is 5.56 Å². The molecule has 0 fully saturated rings. The molecule has 1 heterocycles. The Balaban J connectivity index is 2.48. The minimum Gasteiger partial charge on any atom is -0.481 e. The van der Waals surface area contributed by atoms with E-state index in [2.05, 4.69) is 4.98 Å². The first-order valence-electron chi connectivity index (χ1n) is 6.65. The molecule has 0 aliphatic heterocycles. The lowest BCUT2D eigenvalue weighted by molar-refractivity contribution is -0.146. The Hall–Kier alpha value is -2.50. The summed E-state index contributed by atoms with van der Waals surface area (Å²) in [7, 11) is 0. The van der Waals surface area contributed by atoms with Crippen molar-refractivity contribution in [3.63, 3.8) is 0 Å². The maximum absolute atomic E-state index is 14.0. The van der Waals surface area contributed by atoms with Gasteiger partial charge in [0.2, 0.25) is 0 Å². The van der Waals surface area contributed by atoms with Gasteiger partial charge < -0.3 is 10.8 Å². The molecule has 4 nitrogen and oxygen atoms in total. The van der Waals surface area contributed by atoms with Gasteiger partial charge >= 0.3 is 5.97 Å². The SMILES string of the molecule is CC(C)(Cc1ccc(F)c(-c2nc(N)ccc2F)c1)C(=O)O. The van der Waals surface area contributed by atoms with Gasteiger partial charge in [0.05, 0.1) is 5.41 Å². The number of aliphatic carboxylic acids is 1. The zero-order valence-corrected chi connectivity index (χ0v) is 12.2. The van der Waals surface area contributed by atoms with Gasteiger partial charge in [-0.15, -0.1) is 0 Å². The first-order valence-corrected chi connectivity index (χ1v) is 6.65. The highest BCUT2D eigenvalue weighted by atomic mass is 19.1. The van der Waals surface area contributed by atoms with Crippen molar-refractivity contribution in [1.82, 2.24) is 4.98 Å². The van der Waals surface area contributed by atoms with Gasteiger partial charge in [0.1, 0.15) is 23.1 Å². The van der Waals surface area contributed by atoms with Crippen LogP contribution in [0, 0.1) is 17.0 Å². The van der Waals surface area contributed by atoms with Crippen LogP contribution in [0.4, 0.5) is 14.6 Å². The Labute approximate surface area is 126 Å². The van der Waals surface area contributed by atoms with E-state index in [1.54, 1.807) is 13.8 Å². The number of rotatable bonds is 4. The summed E-state index contributed by atoms with van der Waals surface area (Å²) in [5, 5.41) is 9.16. The summed E-state index contributed by atoms with van der Waals surface area (Å²) in [6.45, 7) is 3.13. The van der Waals surface area contributed by atoms with Crippen LogP contribution in [-0.2, 0) is 11.2 Å². The molecule has 3 N–H and O–H groups in total. The third-order valence-electron chi connectivity index (χ3n) is 3.38. The molecule has 1 aromatic heterocycles. The van der Waals surface area contributed by atoms with Gasteiger partial charge in [-0.1, -0.05) is 6.07 Å². The maximum Gasteiger partial charge on any atom is 0.309 e. The number of nitrogens with zero attached hydrogens (tertiary/aromatic N) is 1. The molecule has 0 atom stereocenters. The fourth-order valence-electron chi connectivity index (χ4n) is 2.10. The Kier molecular flexibility index (Phi) is 4.12.